The molecule has 0 amide bonds. The topological polar surface area (TPSA) is 107 Å². The average molecular weight is 457 g/mol. The highest BCUT2D eigenvalue weighted by atomic mass is 32.1. The molecule has 0 aliphatic carbocycles. The van der Waals surface area contributed by atoms with Gasteiger partial charge in [-0.25, -0.2) is 0 Å². The molecule has 9 nitrogen and oxygen atoms in total. The molecule has 10 heteroatoms. The second-order valence-electron chi connectivity index (χ2n) is 8.52. The van der Waals surface area contributed by atoms with Gasteiger partial charge in [-0.15, -0.1) is 11.3 Å². The normalized spacial score (nSPS) is 19.8. The number of thiazole rings is 1. The van der Waals surface area contributed by atoms with Crippen LogP contribution in [0.3, 0.4) is 0 Å². The number of rotatable bonds is 6. The Morgan fingerprint density at radius 3 is 2.84 bits per heavy atom. The van der Waals surface area contributed by atoms with Crippen LogP contribution < -0.4 is 5.56 Å². The first-order valence-electron chi connectivity index (χ1n) is 10.6. The van der Waals surface area contributed by atoms with Gasteiger partial charge in [0.2, 0.25) is 0 Å². The minimum absolute atomic E-state index is 0.185. The minimum atomic E-state index is -0.250. The molecule has 0 spiro atoms. The largest absolute Gasteiger partial charge is 0.483 e. The number of fused-ring (bicyclic) bond motifs is 4. The van der Waals surface area contributed by atoms with Crippen LogP contribution in [0.15, 0.2) is 40.9 Å². The molecular weight excluding hydrogens is 428 g/mol. The number of piperidine rings is 1. The lowest BCUT2D eigenvalue weighted by Crippen LogP contribution is -2.47. The zero-order chi connectivity index (χ0) is 22.5. The Morgan fingerprint density at radius 2 is 2.12 bits per heavy atom. The molecule has 32 heavy (non-hydrogen) atoms. The van der Waals surface area contributed by atoms with E-state index in [2.05, 4.69) is 35.6 Å². The molecular formula is C22H28N6O3S. The van der Waals surface area contributed by atoms with Gasteiger partial charge < -0.3 is 9.67 Å². The van der Waals surface area contributed by atoms with Crippen molar-refractivity contribution in [1.29, 1.82) is 0 Å². The Labute approximate surface area is 190 Å². The number of nitrogens with one attached hydrogen (secondary N) is 1. The number of carboxylic acid groups (broad SMARTS) is 1. The molecule has 1 saturated heterocycles. The highest BCUT2D eigenvalue weighted by Gasteiger charge is 2.35. The van der Waals surface area contributed by atoms with Crippen LogP contribution in [-0.2, 0) is 31.0 Å². The number of nitrogens with zero attached hydrogens (tertiary/aromatic N) is 5. The van der Waals surface area contributed by atoms with Crippen LogP contribution >= 0.6 is 11.3 Å². The number of aromatic nitrogens is 4. The summed E-state index contributed by atoms with van der Waals surface area (Å²) >= 11 is 1.72. The van der Waals surface area contributed by atoms with Crippen molar-refractivity contribution >= 4 is 17.8 Å². The van der Waals surface area contributed by atoms with Crippen molar-refractivity contribution in [3.8, 4) is 0 Å². The fraction of sp³-hybridized carbons (Fsp3) is 0.455. The van der Waals surface area contributed by atoms with Crippen molar-refractivity contribution in [3.63, 3.8) is 0 Å². The summed E-state index contributed by atoms with van der Waals surface area (Å²) in [4.78, 5) is 31.8. The van der Waals surface area contributed by atoms with Crippen molar-refractivity contribution in [2.75, 3.05) is 20.1 Å². The molecule has 3 aromatic heterocycles. The fourth-order valence-electron chi connectivity index (χ4n) is 4.89. The number of aromatic amines is 1. The first-order valence-corrected chi connectivity index (χ1v) is 11.5. The molecule has 5 rings (SSSR count). The van der Waals surface area contributed by atoms with Crippen LogP contribution in [0.1, 0.15) is 34.2 Å². The summed E-state index contributed by atoms with van der Waals surface area (Å²) in [6.45, 7) is 5.03. The van der Waals surface area contributed by atoms with E-state index in [9.17, 15) is 4.79 Å². The lowest BCUT2D eigenvalue weighted by molar-refractivity contribution is -0.122. The third-order valence-electron chi connectivity index (χ3n) is 6.06. The SMILES string of the molecule is CN(Cc1ccn[nH]1)Cc1ccc2n(c1=O)C[C@H]1C[C@@H]2CN(Cc2cncs2)C1.O=CO. The lowest BCUT2D eigenvalue weighted by Gasteiger charge is -2.42. The van der Waals surface area contributed by atoms with Gasteiger partial charge in [0.1, 0.15) is 0 Å². The minimum Gasteiger partial charge on any atom is -0.483 e. The molecule has 2 atom stereocenters. The van der Waals surface area contributed by atoms with E-state index in [1.165, 1.54) is 17.0 Å². The van der Waals surface area contributed by atoms with E-state index in [0.29, 0.717) is 18.4 Å². The third kappa shape index (κ3) is 5.14. The summed E-state index contributed by atoms with van der Waals surface area (Å²) in [5.74, 6) is 0.990. The highest BCUT2D eigenvalue weighted by Crippen LogP contribution is 2.35. The molecule has 0 saturated carbocycles. The Morgan fingerprint density at radius 1 is 1.28 bits per heavy atom. The van der Waals surface area contributed by atoms with E-state index >= 15 is 0 Å². The number of likely N-dealkylation sites (tertiary alicyclic amines) is 1. The Kier molecular flexibility index (Phi) is 7.13. The second-order valence-corrected chi connectivity index (χ2v) is 9.49. The van der Waals surface area contributed by atoms with E-state index in [-0.39, 0.29) is 12.0 Å². The van der Waals surface area contributed by atoms with E-state index in [1.807, 2.05) is 30.9 Å². The molecule has 2 aliphatic rings. The third-order valence-corrected chi connectivity index (χ3v) is 6.82. The lowest BCUT2D eigenvalue weighted by atomic mass is 9.83. The number of hydrogen-bond acceptors (Lipinski definition) is 7. The van der Waals surface area contributed by atoms with Gasteiger partial charge in [0.25, 0.3) is 12.0 Å². The van der Waals surface area contributed by atoms with Gasteiger partial charge in [-0.2, -0.15) is 5.10 Å². The monoisotopic (exact) mass is 456 g/mol. The van der Waals surface area contributed by atoms with Crippen LogP contribution in [0.4, 0.5) is 0 Å². The van der Waals surface area contributed by atoms with Crippen LogP contribution in [0.5, 0.6) is 0 Å². The van der Waals surface area contributed by atoms with Gasteiger partial charge in [-0.3, -0.25) is 29.5 Å². The van der Waals surface area contributed by atoms with E-state index in [1.54, 1.807) is 17.5 Å². The molecule has 2 bridgehead atoms. The first kappa shape index (κ1) is 22.4. The average Bonchev–Trinajstić information content (AvgIpc) is 3.45. The number of carbonyl (C=O) groups is 1. The summed E-state index contributed by atoms with van der Waals surface area (Å²) in [5, 5.41) is 13.9. The molecule has 2 N–H and O–H groups in total. The van der Waals surface area contributed by atoms with E-state index in [4.69, 9.17) is 9.90 Å². The molecule has 3 aromatic rings. The molecule has 0 aromatic carbocycles. The van der Waals surface area contributed by atoms with Crippen molar-refractivity contribution in [2.24, 2.45) is 5.92 Å². The fourth-order valence-corrected chi connectivity index (χ4v) is 5.53. The first-order chi connectivity index (χ1) is 15.6. The van der Waals surface area contributed by atoms with Crippen LogP contribution in [0.25, 0.3) is 0 Å². The molecule has 1 fully saturated rings. The Hall–Kier alpha value is -2.82. The molecule has 2 aliphatic heterocycles. The Balaban J connectivity index is 0.000000775. The zero-order valence-electron chi connectivity index (χ0n) is 18.1. The predicted molar refractivity (Wildman–Crippen MR) is 121 cm³/mol. The van der Waals surface area contributed by atoms with Gasteiger partial charge in [-0.1, -0.05) is 6.07 Å². The van der Waals surface area contributed by atoms with Gasteiger partial charge in [-0.05, 0) is 31.5 Å². The molecule has 5 heterocycles. The standard InChI is InChI=1S/C21H26N6OS.CH2O2/c1-25(12-18-4-5-23-24-18)10-16-2-3-20-17-6-15(9-27(20)21(16)28)8-26(11-17)13-19-7-22-14-29-19;2-1-3/h2-5,7,14-15,17H,6,8-13H2,1H3,(H,23,24);1H,(H,2,3)/t15-,17+;/m0./s1. The number of hydrogen-bond donors (Lipinski definition) is 2. The number of pyridine rings is 1. The maximum Gasteiger partial charge on any atom is 0.290 e. The molecule has 0 radical (unpaired) electrons. The van der Waals surface area contributed by atoms with Crippen LogP contribution in [0.2, 0.25) is 0 Å². The maximum atomic E-state index is 13.2. The van der Waals surface area contributed by atoms with Crippen molar-refractivity contribution in [3.05, 3.63) is 68.3 Å². The zero-order valence-corrected chi connectivity index (χ0v) is 18.9. The summed E-state index contributed by atoms with van der Waals surface area (Å²) in [5.41, 5.74) is 5.23. The van der Waals surface area contributed by atoms with Crippen LogP contribution in [-0.4, -0.2) is 61.3 Å². The maximum absolute atomic E-state index is 13.2. The predicted octanol–water partition coefficient (Wildman–Crippen LogP) is 1.98. The van der Waals surface area contributed by atoms with Gasteiger partial charge in [0.15, 0.2) is 0 Å². The smallest absolute Gasteiger partial charge is 0.290 e. The second kappa shape index (κ2) is 10.2. The highest BCUT2D eigenvalue weighted by molar-refractivity contribution is 7.09. The summed E-state index contributed by atoms with van der Waals surface area (Å²) in [7, 11) is 2.04. The summed E-state index contributed by atoms with van der Waals surface area (Å²) in [6.07, 6.45) is 4.92. The summed E-state index contributed by atoms with van der Waals surface area (Å²) < 4.78 is 2.06. The van der Waals surface area contributed by atoms with Crippen molar-refractivity contribution < 1.29 is 9.90 Å². The molecule has 170 valence electrons. The van der Waals surface area contributed by atoms with Gasteiger partial charge in [0.05, 0.1) is 5.51 Å². The van der Waals surface area contributed by atoms with Crippen molar-refractivity contribution in [2.45, 2.75) is 38.5 Å². The summed E-state index contributed by atoms with van der Waals surface area (Å²) in [6, 6.07) is 6.20. The van der Waals surface area contributed by atoms with Crippen molar-refractivity contribution in [1.82, 2.24) is 29.5 Å². The molecule has 0 unspecified atom stereocenters. The van der Waals surface area contributed by atoms with E-state index in [0.717, 1.165) is 44.0 Å². The van der Waals surface area contributed by atoms with Gasteiger partial charge >= 0.3 is 0 Å². The van der Waals surface area contributed by atoms with Gasteiger partial charge in [0, 0.05) is 79.4 Å². The quantitative estimate of drug-likeness (QED) is 0.546. The Bertz CT molecular complexity index is 1070. The number of H-pyrrole nitrogens is 1. The van der Waals surface area contributed by atoms with E-state index < -0.39 is 0 Å². The van der Waals surface area contributed by atoms with Crippen LogP contribution in [0, 0.1) is 5.92 Å².